The van der Waals surface area contributed by atoms with Crippen LogP contribution in [-0.4, -0.2) is 62.9 Å². The van der Waals surface area contributed by atoms with E-state index in [-0.39, 0.29) is 12.2 Å². The fourth-order valence-corrected chi connectivity index (χ4v) is 2.98. The minimum Gasteiger partial charge on any atom is -0.478 e. The second-order valence-electron chi connectivity index (χ2n) is 6.68. The number of halogens is 1. The Morgan fingerprint density at radius 1 is 1.21 bits per heavy atom. The van der Waals surface area contributed by atoms with E-state index >= 15 is 0 Å². The van der Waals surface area contributed by atoms with E-state index in [0.29, 0.717) is 22.0 Å². The summed E-state index contributed by atoms with van der Waals surface area (Å²) in [5, 5.41) is 25.6. The van der Waals surface area contributed by atoms with Gasteiger partial charge in [-0.3, -0.25) is 9.59 Å². The number of anilines is 1. The van der Waals surface area contributed by atoms with Gasteiger partial charge in [0.2, 0.25) is 11.8 Å². The number of tetrazole rings is 1. The number of rotatable bonds is 9. The molecule has 2 aromatic carbocycles. The molecule has 0 aliphatic carbocycles. The highest BCUT2D eigenvalue weighted by Gasteiger charge is 2.20. The van der Waals surface area contributed by atoms with Crippen LogP contribution in [0.4, 0.5) is 5.69 Å². The third-order valence-corrected chi connectivity index (χ3v) is 4.60. The summed E-state index contributed by atoms with van der Waals surface area (Å²) in [5.41, 5.74) is 1.64. The molecule has 0 aliphatic rings. The lowest BCUT2D eigenvalue weighted by molar-refractivity contribution is -0.125. The van der Waals surface area contributed by atoms with Crippen LogP contribution in [0.25, 0.3) is 11.8 Å². The zero-order chi connectivity index (χ0) is 23.8. The molecule has 3 aromatic rings. The van der Waals surface area contributed by atoms with Crippen molar-refractivity contribution in [1.82, 2.24) is 25.5 Å². The van der Waals surface area contributed by atoms with Crippen LogP contribution in [0.2, 0.25) is 5.02 Å². The first kappa shape index (κ1) is 23.6. The fraction of sp³-hybridized carbons (Fsp3) is 0.143. The number of aromatic nitrogens is 4. The minimum atomic E-state index is -1.08. The Bertz CT molecular complexity index is 1160. The van der Waals surface area contributed by atoms with Gasteiger partial charge in [0.25, 0.3) is 0 Å². The molecule has 1 aromatic heterocycles. The van der Waals surface area contributed by atoms with Crippen LogP contribution in [-0.2, 0) is 14.3 Å². The Kier molecular flexibility index (Phi) is 7.84. The molecule has 1 atom stereocenters. The van der Waals surface area contributed by atoms with E-state index in [9.17, 15) is 14.4 Å². The number of nitrogens with one attached hydrogen (secondary N) is 2. The molecule has 33 heavy (non-hydrogen) atoms. The van der Waals surface area contributed by atoms with Gasteiger partial charge in [0.05, 0.1) is 17.9 Å². The normalized spacial score (nSPS) is 11.8. The molecule has 0 fully saturated rings. The van der Waals surface area contributed by atoms with Crippen molar-refractivity contribution < 1.29 is 24.2 Å². The Morgan fingerprint density at radius 3 is 2.61 bits per heavy atom. The van der Waals surface area contributed by atoms with E-state index in [1.165, 1.54) is 54.5 Å². The number of carbonyl (C=O) groups is 3. The Labute approximate surface area is 193 Å². The number of amides is 2. The van der Waals surface area contributed by atoms with Crippen molar-refractivity contribution in [3.05, 3.63) is 71.0 Å². The third kappa shape index (κ3) is 6.45. The maximum absolute atomic E-state index is 12.6. The highest BCUT2D eigenvalue weighted by molar-refractivity contribution is 6.30. The molecule has 0 spiro atoms. The number of carboxylic acid groups (broad SMARTS) is 1. The van der Waals surface area contributed by atoms with E-state index in [0.717, 1.165) is 0 Å². The zero-order valence-corrected chi connectivity index (χ0v) is 18.1. The zero-order valence-electron chi connectivity index (χ0n) is 17.3. The van der Waals surface area contributed by atoms with Crippen molar-refractivity contribution in [2.75, 3.05) is 19.0 Å². The van der Waals surface area contributed by atoms with Crippen LogP contribution in [0.3, 0.4) is 0 Å². The highest BCUT2D eigenvalue weighted by Crippen LogP contribution is 2.20. The summed E-state index contributed by atoms with van der Waals surface area (Å²) in [7, 11) is 1.40. The van der Waals surface area contributed by atoms with Gasteiger partial charge < -0.3 is 20.5 Å². The number of aromatic carboxylic acids is 1. The monoisotopic (exact) mass is 470 g/mol. The van der Waals surface area contributed by atoms with Gasteiger partial charge in [-0.1, -0.05) is 11.6 Å². The maximum atomic E-state index is 12.6. The summed E-state index contributed by atoms with van der Waals surface area (Å²) in [6.45, 7) is -0.0777. The van der Waals surface area contributed by atoms with Gasteiger partial charge in [-0.05, 0) is 59.0 Å². The van der Waals surface area contributed by atoms with E-state index in [1.54, 1.807) is 18.2 Å². The number of hydrogen-bond donors (Lipinski definition) is 3. The molecule has 1 heterocycles. The van der Waals surface area contributed by atoms with Gasteiger partial charge in [0.15, 0.2) is 0 Å². The van der Waals surface area contributed by atoms with Crippen molar-refractivity contribution in [1.29, 1.82) is 0 Å². The molecule has 0 bridgehead atoms. The standard InChI is InChI=1S/C21H19ClN6O5/c1-33-11-17(20(30)24-16-6-2-13(3-7-16)21(31)32)25-19(29)9-4-14-10-15(22)5-8-18(14)28-12-23-26-27-28/h2-10,12,17H,11H2,1H3,(H,24,30)(H,25,29)(H,31,32). The molecule has 12 heteroatoms. The van der Waals surface area contributed by atoms with E-state index in [1.807, 2.05) is 0 Å². The molecule has 0 radical (unpaired) electrons. The minimum absolute atomic E-state index is 0.0777. The molecule has 0 saturated carbocycles. The maximum Gasteiger partial charge on any atom is 0.335 e. The summed E-state index contributed by atoms with van der Waals surface area (Å²) < 4.78 is 6.46. The first-order valence-corrected chi connectivity index (χ1v) is 9.90. The van der Waals surface area contributed by atoms with Crippen LogP contribution in [0.1, 0.15) is 15.9 Å². The predicted octanol–water partition coefficient (Wildman–Crippen LogP) is 1.80. The van der Waals surface area contributed by atoms with Crippen LogP contribution in [0.15, 0.2) is 54.9 Å². The van der Waals surface area contributed by atoms with Gasteiger partial charge in [-0.25, -0.2) is 4.79 Å². The Hall–Kier alpha value is -4.09. The lowest BCUT2D eigenvalue weighted by Crippen LogP contribution is -2.46. The molecule has 0 aliphatic heterocycles. The van der Waals surface area contributed by atoms with Gasteiger partial charge in [0, 0.05) is 29.5 Å². The van der Waals surface area contributed by atoms with Crippen LogP contribution in [0, 0.1) is 0 Å². The second kappa shape index (κ2) is 11.0. The number of benzene rings is 2. The average molecular weight is 471 g/mol. The summed E-state index contributed by atoms with van der Waals surface area (Å²) in [6.07, 6.45) is 4.17. The first-order chi connectivity index (χ1) is 15.9. The molecule has 0 saturated heterocycles. The molecular weight excluding hydrogens is 452 g/mol. The molecule has 11 nitrogen and oxygen atoms in total. The van der Waals surface area contributed by atoms with Crippen molar-refractivity contribution >= 4 is 41.1 Å². The Morgan fingerprint density at radius 2 is 1.97 bits per heavy atom. The number of methoxy groups -OCH3 is 1. The van der Waals surface area contributed by atoms with Gasteiger partial charge in [-0.15, -0.1) is 5.10 Å². The number of nitrogens with zero attached hydrogens (tertiary/aromatic N) is 4. The lowest BCUT2D eigenvalue weighted by atomic mass is 10.1. The van der Waals surface area contributed by atoms with Crippen LogP contribution >= 0.6 is 11.6 Å². The molecule has 1 unspecified atom stereocenters. The summed E-state index contributed by atoms with van der Waals surface area (Å²) in [4.78, 5) is 36.0. The number of hydrogen-bond acceptors (Lipinski definition) is 7. The van der Waals surface area contributed by atoms with E-state index in [2.05, 4.69) is 26.2 Å². The van der Waals surface area contributed by atoms with Crippen molar-refractivity contribution in [2.24, 2.45) is 0 Å². The predicted molar refractivity (Wildman–Crippen MR) is 119 cm³/mol. The van der Waals surface area contributed by atoms with Gasteiger partial charge in [0.1, 0.15) is 12.4 Å². The van der Waals surface area contributed by atoms with Crippen molar-refractivity contribution in [2.45, 2.75) is 6.04 Å². The third-order valence-electron chi connectivity index (χ3n) is 4.37. The molecule has 170 valence electrons. The molecular formula is C21H19ClN6O5. The summed E-state index contributed by atoms with van der Waals surface area (Å²) >= 11 is 6.07. The van der Waals surface area contributed by atoms with Crippen LogP contribution < -0.4 is 10.6 Å². The molecule has 2 amide bonds. The largest absolute Gasteiger partial charge is 0.478 e. The smallest absolute Gasteiger partial charge is 0.335 e. The first-order valence-electron chi connectivity index (χ1n) is 9.52. The van der Waals surface area contributed by atoms with Gasteiger partial charge in [-0.2, -0.15) is 4.68 Å². The quantitative estimate of drug-likeness (QED) is 0.401. The summed E-state index contributed by atoms with van der Waals surface area (Å²) in [6, 6.07) is 9.63. The highest BCUT2D eigenvalue weighted by atomic mass is 35.5. The number of ether oxygens (including phenoxy) is 1. The average Bonchev–Trinajstić information content (AvgIpc) is 3.32. The SMILES string of the molecule is COCC(NC(=O)C=Cc1cc(Cl)ccc1-n1cnnn1)C(=O)Nc1ccc(C(=O)O)cc1. The van der Waals surface area contributed by atoms with Crippen molar-refractivity contribution in [3.63, 3.8) is 0 Å². The van der Waals surface area contributed by atoms with Gasteiger partial charge >= 0.3 is 5.97 Å². The second-order valence-corrected chi connectivity index (χ2v) is 7.12. The summed E-state index contributed by atoms with van der Waals surface area (Å²) in [5.74, 6) is -2.15. The Balaban J connectivity index is 1.69. The number of carboxylic acids is 1. The number of carbonyl (C=O) groups excluding carboxylic acids is 2. The molecule has 3 N–H and O–H groups in total. The molecule has 3 rings (SSSR count). The van der Waals surface area contributed by atoms with Crippen molar-refractivity contribution in [3.8, 4) is 5.69 Å². The fourth-order valence-electron chi connectivity index (χ4n) is 2.80. The van der Waals surface area contributed by atoms with Crippen LogP contribution in [0.5, 0.6) is 0 Å². The van der Waals surface area contributed by atoms with E-state index in [4.69, 9.17) is 21.4 Å². The topological polar surface area (TPSA) is 148 Å². The lowest BCUT2D eigenvalue weighted by Gasteiger charge is -2.17. The van der Waals surface area contributed by atoms with E-state index < -0.39 is 23.8 Å².